The van der Waals surface area contributed by atoms with Gasteiger partial charge in [-0.25, -0.2) is 4.98 Å². The maximum absolute atomic E-state index is 12.1. The van der Waals surface area contributed by atoms with Crippen LogP contribution in [-0.4, -0.2) is 28.3 Å². The minimum Gasteiger partial charge on any atom is -0.365 e. The highest BCUT2D eigenvalue weighted by Crippen LogP contribution is 2.27. The van der Waals surface area contributed by atoms with Crippen molar-refractivity contribution in [2.45, 2.75) is 6.42 Å². The van der Waals surface area contributed by atoms with Gasteiger partial charge in [-0.1, -0.05) is 24.3 Å². The van der Waals surface area contributed by atoms with Crippen LogP contribution in [0.2, 0.25) is 0 Å². The molecule has 0 unspecified atom stereocenters. The highest BCUT2D eigenvalue weighted by atomic mass is 16.2. The van der Waals surface area contributed by atoms with E-state index in [0.29, 0.717) is 30.2 Å². The first kappa shape index (κ1) is 17.5. The first-order valence-corrected chi connectivity index (χ1v) is 8.78. The molecule has 1 aromatic heterocycles. The Kier molecular flexibility index (Phi) is 4.59. The molecule has 2 amide bonds. The van der Waals surface area contributed by atoms with Gasteiger partial charge in [-0.05, 0) is 36.2 Å². The number of nitrogens with one attached hydrogen (secondary N) is 3. The summed E-state index contributed by atoms with van der Waals surface area (Å²) >= 11 is 0. The Morgan fingerprint density at radius 1 is 1.07 bits per heavy atom. The summed E-state index contributed by atoms with van der Waals surface area (Å²) in [6.07, 6.45) is 2.06. The van der Waals surface area contributed by atoms with Gasteiger partial charge in [-0.3, -0.25) is 9.59 Å². The second-order valence-corrected chi connectivity index (χ2v) is 6.27. The molecule has 0 saturated carbocycles. The van der Waals surface area contributed by atoms with Gasteiger partial charge in [-0.15, -0.1) is 0 Å². The van der Waals surface area contributed by atoms with Gasteiger partial charge in [0.05, 0.1) is 0 Å². The minimum atomic E-state index is -0.642. The Morgan fingerprint density at radius 2 is 1.89 bits per heavy atom. The van der Waals surface area contributed by atoms with Crippen molar-refractivity contribution >= 4 is 35.0 Å². The van der Waals surface area contributed by atoms with Crippen molar-refractivity contribution in [1.29, 1.82) is 0 Å². The van der Waals surface area contributed by atoms with Crippen molar-refractivity contribution in [3.8, 4) is 0 Å². The molecule has 0 saturated heterocycles. The number of anilines is 4. The molecule has 3 aromatic rings. The Hall–Kier alpha value is -3.94. The number of nitrogens with zero attached hydrogens (tertiary/aromatic N) is 2. The van der Waals surface area contributed by atoms with E-state index in [-0.39, 0.29) is 17.3 Å². The topological polar surface area (TPSA) is 122 Å². The zero-order chi connectivity index (χ0) is 19.5. The smallest absolute Gasteiger partial charge is 0.254 e. The molecule has 0 spiro atoms. The lowest BCUT2D eigenvalue weighted by Gasteiger charge is -2.20. The van der Waals surface area contributed by atoms with E-state index in [1.807, 2.05) is 36.4 Å². The summed E-state index contributed by atoms with van der Waals surface area (Å²) in [5, 5.41) is 9.06. The average molecular weight is 374 g/mol. The molecule has 8 heteroatoms. The summed E-state index contributed by atoms with van der Waals surface area (Å²) < 4.78 is 0. The van der Waals surface area contributed by atoms with Crippen LogP contribution in [0.1, 0.15) is 26.3 Å². The largest absolute Gasteiger partial charge is 0.365 e. The fourth-order valence-corrected chi connectivity index (χ4v) is 3.08. The van der Waals surface area contributed by atoms with E-state index >= 15 is 0 Å². The third-order valence-electron chi connectivity index (χ3n) is 4.42. The molecule has 1 aliphatic rings. The van der Waals surface area contributed by atoms with Crippen molar-refractivity contribution in [3.63, 3.8) is 0 Å². The van der Waals surface area contributed by atoms with E-state index in [4.69, 9.17) is 5.73 Å². The van der Waals surface area contributed by atoms with Gasteiger partial charge in [0.25, 0.3) is 11.8 Å². The summed E-state index contributed by atoms with van der Waals surface area (Å²) in [5.74, 6) is -0.160. The van der Waals surface area contributed by atoms with E-state index < -0.39 is 5.91 Å². The number of carbonyl (C=O) groups excluding carboxylic acids is 2. The fourth-order valence-electron chi connectivity index (χ4n) is 3.08. The lowest BCUT2D eigenvalue weighted by molar-refractivity contribution is 0.0944. The van der Waals surface area contributed by atoms with Gasteiger partial charge in [0, 0.05) is 29.7 Å². The number of para-hydroxylation sites is 1. The monoisotopic (exact) mass is 374 g/mol. The number of primary amides is 1. The van der Waals surface area contributed by atoms with E-state index in [2.05, 4.69) is 25.9 Å². The van der Waals surface area contributed by atoms with Crippen LogP contribution in [-0.2, 0) is 6.42 Å². The molecule has 1 aliphatic heterocycles. The summed E-state index contributed by atoms with van der Waals surface area (Å²) in [4.78, 5) is 32.5. The standard InChI is InChI=1S/C20H18N6O2/c21-17(27)15-11-23-20(24-12-5-2-1-3-6-12)26-18(15)25-16-8-4-7-14-13(16)9-10-22-19(14)28/h1-8,11H,9-10H2,(H2,21,27)(H,22,28)(H2,23,24,25,26). The Morgan fingerprint density at radius 3 is 2.68 bits per heavy atom. The highest BCUT2D eigenvalue weighted by molar-refractivity contribution is 6.00. The molecular weight excluding hydrogens is 356 g/mol. The minimum absolute atomic E-state index is 0.117. The summed E-state index contributed by atoms with van der Waals surface area (Å²) in [6, 6.07) is 14.8. The van der Waals surface area contributed by atoms with Crippen LogP contribution in [0.4, 0.5) is 23.1 Å². The maximum Gasteiger partial charge on any atom is 0.254 e. The van der Waals surface area contributed by atoms with Crippen LogP contribution in [0.25, 0.3) is 0 Å². The van der Waals surface area contributed by atoms with Crippen molar-refractivity contribution in [3.05, 3.63) is 71.4 Å². The second kappa shape index (κ2) is 7.36. The third kappa shape index (κ3) is 3.48. The summed E-state index contributed by atoms with van der Waals surface area (Å²) in [6.45, 7) is 0.553. The van der Waals surface area contributed by atoms with E-state index in [0.717, 1.165) is 11.3 Å². The number of hydrogen-bond acceptors (Lipinski definition) is 6. The van der Waals surface area contributed by atoms with E-state index in [1.165, 1.54) is 6.20 Å². The molecule has 2 heterocycles. The third-order valence-corrected chi connectivity index (χ3v) is 4.42. The van der Waals surface area contributed by atoms with Crippen LogP contribution in [0, 0.1) is 0 Å². The van der Waals surface area contributed by atoms with Crippen molar-refractivity contribution in [1.82, 2.24) is 15.3 Å². The van der Waals surface area contributed by atoms with Crippen LogP contribution in [0.3, 0.4) is 0 Å². The molecule has 8 nitrogen and oxygen atoms in total. The quantitative estimate of drug-likeness (QED) is 0.544. The zero-order valence-corrected chi connectivity index (χ0v) is 14.9. The van der Waals surface area contributed by atoms with Gasteiger partial charge >= 0.3 is 0 Å². The number of aromatic nitrogens is 2. The van der Waals surface area contributed by atoms with Crippen LogP contribution in [0.5, 0.6) is 0 Å². The van der Waals surface area contributed by atoms with Crippen LogP contribution in [0.15, 0.2) is 54.7 Å². The molecule has 5 N–H and O–H groups in total. The number of carbonyl (C=O) groups is 2. The molecule has 0 atom stereocenters. The molecule has 0 bridgehead atoms. The fraction of sp³-hybridized carbons (Fsp3) is 0.100. The van der Waals surface area contributed by atoms with E-state index in [1.54, 1.807) is 12.1 Å². The Bertz CT molecular complexity index is 1050. The molecule has 0 aliphatic carbocycles. The van der Waals surface area contributed by atoms with Gasteiger partial charge in [-0.2, -0.15) is 4.98 Å². The Labute approximate surface area is 161 Å². The number of hydrogen-bond donors (Lipinski definition) is 4. The first-order chi connectivity index (χ1) is 13.6. The lowest BCUT2D eigenvalue weighted by atomic mass is 9.98. The average Bonchev–Trinajstić information content (AvgIpc) is 2.70. The van der Waals surface area contributed by atoms with Crippen molar-refractivity contribution in [2.75, 3.05) is 17.2 Å². The molecule has 0 fully saturated rings. The molecule has 140 valence electrons. The van der Waals surface area contributed by atoms with Crippen LogP contribution >= 0.6 is 0 Å². The van der Waals surface area contributed by atoms with Gasteiger partial charge in [0.15, 0.2) is 0 Å². The SMILES string of the molecule is NC(=O)c1cnc(Nc2ccccc2)nc1Nc1cccc2c1CCNC2=O. The number of amides is 2. The first-order valence-electron chi connectivity index (χ1n) is 8.78. The molecule has 2 aromatic carbocycles. The molecule has 0 radical (unpaired) electrons. The van der Waals surface area contributed by atoms with Crippen molar-refractivity contribution < 1.29 is 9.59 Å². The van der Waals surface area contributed by atoms with E-state index in [9.17, 15) is 9.59 Å². The van der Waals surface area contributed by atoms with Crippen molar-refractivity contribution in [2.24, 2.45) is 5.73 Å². The molecule has 28 heavy (non-hydrogen) atoms. The predicted octanol–water partition coefficient (Wildman–Crippen LogP) is 2.35. The number of benzene rings is 2. The van der Waals surface area contributed by atoms with Gasteiger partial charge in [0.1, 0.15) is 11.4 Å². The Balaban J connectivity index is 1.70. The predicted molar refractivity (Wildman–Crippen MR) is 106 cm³/mol. The van der Waals surface area contributed by atoms with Gasteiger partial charge in [0.2, 0.25) is 5.95 Å². The highest BCUT2D eigenvalue weighted by Gasteiger charge is 2.20. The number of nitrogens with two attached hydrogens (primary N) is 1. The lowest BCUT2D eigenvalue weighted by Crippen LogP contribution is -2.32. The van der Waals surface area contributed by atoms with Crippen LogP contribution < -0.4 is 21.7 Å². The summed E-state index contributed by atoms with van der Waals surface area (Å²) in [7, 11) is 0. The number of rotatable bonds is 5. The summed E-state index contributed by atoms with van der Waals surface area (Å²) in [5.41, 5.74) is 8.65. The molecular formula is C20H18N6O2. The second-order valence-electron chi connectivity index (χ2n) is 6.27. The zero-order valence-electron chi connectivity index (χ0n) is 14.9. The molecule has 4 rings (SSSR count). The van der Waals surface area contributed by atoms with Gasteiger partial charge < -0.3 is 21.7 Å². The maximum atomic E-state index is 12.1. The number of fused-ring (bicyclic) bond motifs is 1. The normalized spacial score (nSPS) is 12.6.